The van der Waals surface area contributed by atoms with Gasteiger partial charge in [0, 0.05) is 23.0 Å². The molecule has 1 aromatic carbocycles. The molecule has 0 aliphatic carbocycles. The number of nitrogens with one attached hydrogen (secondary N) is 1. The second kappa shape index (κ2) is 9.87. The predicted molar refractivity (Wildman–Crippen MR) is 113 cm³/mol. The minimum absolute atomic E-state index is 0.0230. The highest BCUT2D eigenvalue weighted by atomic mass is 35.5. The summed E-state index contributed by atoms with van der Waals surface area (Å²) in [5.74, 6) is -0.123. The summed E-state index contributed by atoms with van der Waals surface area (Å²) < 4.78 is 20.3. The third-order valence-electron chi connectivity index (χ3n) is 4.88. The van der Waals surface area contributed by atoms with Gasteiger partial charge in [-0.15, -0.1) is 4.72 Å². The third-order valence-corrected chi connectivity index (χ3v) is 7.18. The second-order valence-electron chi connectivity index (χ2n) is 7.99. The van der Waals surface area contributed by atoms with Gasteiger partial charge in [-0.05, 0) is 58.7 Å². The standard InChI is InChI=1S/C19H28Cl2N2O4S/c1-19(2,3)28(26)22-18(13-9-14(20)15(21)10-16(13)24)12-5-7-23(8-6-12)11-17(25)27-4/h9-10,12,18,22,24H,5-8,11H2,1-4H3. The summed E-state index contributed by atoms with van der Waals surface area (Å²) in [6.07, 6.45) is 1.55. The van der Waals surface area contributed by atoms with Crippen molar-refractivity contribution < 1.29 is 19.2 Å². The van der Waals surface area contributed by atoms with Gasteiger partial charge in [-0.2, -0.15) is 0 Å². The number of rotatable bonds is 6. The molecule has 0 aromatic heterocycles. The van der Waals surface area contributed by atoms with E-state index in [4.69, 9.17) is 27.9 Å². The van der Waals surface area contributed by atoms with Gasteiger partial charge in [0.1, 0.15) is 10.5 Å². The molecule has 0 bridgehead atoms. The minimum atomic E-state index is -1.33. The molecule has 1 aliphatic rings. The zero-order chi connectivity index (χ0) is 21.1. The molecule has 1 aromatic rings. The Bertz CT molecular complexity index is 691. The summed E-state index contributed by atoms with van der Waals surface area (Å²) >= 11 is 10.9. The van der Waals surface area contributed by atoms with E-state index in [0.717, 1.165) is 12.8 Å². The quantitative estimate of drug-likeness (QED) is 0.507. The Morgan fingerprint density at radius 2 is 1.93 bits per heavy atom. The van der Waals surface area contributed by atoms with E-state index >= 15 is 0 Å². The molecule has 28 heavy (non-hydrogen) atoms. The maximum absolute atomic E-state index is 12.8. The molecule has 1 heterocycles. The Morgan fingerprint density at radius 1 is 1.36 bits per heavy atom. The minimum Gasteiger partial charge on any atom is -0.598 e. The summed E-state index contributed by atoms with van der Waals surface area (Å²) in [5.41, 5.74) is 0.582. The topological polar surface area (TPSA) is 84.9 Å². The van der Waals surface area contributed by atoms with Crippen LogP contribution in [0.5, 0.6) is 5.75 Å². The van der Waals surface area contributed by atoms with Crippen LogP contribution in [-0.4, -0.2) is 52.0 Å². The van der Waals surface area contributed by atoms with E-state index in [2.05, 4.69) is 4.72 Å². The molecule has 2 atom stereocenters. The number of ether oxygens (including phenoxy) is 1. The third kappa shape index (κ3) is 6.15. The van der Waals surface area contributed by atoms with Gasteiger partial charge in [0.05, 0.1) is 29.7 Å². The lowest BCUT2D eigenvalue weighted by atomic mass is 9.85. The highest BCUT2D eigenvalue weighted by molar-refractivity contribution is 7.90. The number of methoxy groups -OCH3 is 1. The van der Waals surface area contributed by atoms with E-state index in [1.807, 2.05) is 25.7 Å². The molecular formula is C19H28Cl2N2O4S. The SMILES string of the molecule is COC(=O)CN1CCC(C(N[S+]([O-])C(C)(C)C)c2cc(Cl)c(Cl)cc2O)CC1. The Labute approximate surface area is 179 Å². The van der Waals surface area contributed by atoms with Crippen molar-refractivity contribution in [2.45, 2.75) is 44.4 Å². The molecule has 9 heteroatoms. The summed E-state index contributed by atoms with van der Waals surface area (Å²) in [6, 6.07) is 2.70. The first kappa shape index (κ1) is 23.6. The fourth-order valence-electron chi connectivity index (χ4n) is 3.20. The van der Waals surface area contributed by atoms with Gasteiger partial charge in [-0.1, -0.05) is 23.2 Å². The second-order valence-corrected chi connectivity index (χ2v) is 10.8. The number of benzene rings is 1. The van der Waals surface area contributed by atoms with Gasteiger partial charge >= 0.3 is 5.97 Å². The number of carbonyl (C=O) groups excluding carboxylic acids is 1. The summed E-state index contributed by atoms with van der Waals surface area (Å²) in [7, 11) is 1.38. The monoisotopic (exact) mass is 450 g/mol. The largest absolute Gasteiger partial charge is 0.598 e. The number of hydrogen-bond acceptors (Lipinski definition) is 6. The van der Waals surface area contributed by atoms with Crippen LogP contribution in [0.3, 0.4) is 0 Å². The van der Waals surface area contributed by atoms with Crippen LogP contribution in [0, 0.1) is 5.92 Å². The summed E-state index contributed by atoms with van der Waals surface area (Å²) in [4.78, 5) is 13.5. The van der Waals surface area contributed by atoms with Crippen molar-refractivity contribution >= 4 is 40.5 Å². The Balaban J connectivity index is 2.23. The van der Waals surface area contributed by atoms with Gasteiger partial charge in [-0.25, -0.2) is 0 Å². The van der Waals surface area contributed by atoms with Gasteiger partial charge in [0.15, 0.2) is 0 Å². The van der Waals surface area contributed by atoms with E-state index in [0.29, 0.717) is 23.7 Å². The average Bonchev–Trinajstić information content (AvgIpc) is 2.62. The molecule has 1 saturated heterocycles. The van der Waals surface area contributed by atoms with Crippen molar-refractivity contribution in [3.05, 3.63) is 27.7 Å². The molecule has 0 radical (unpaired) electrons. The number of halogens is 2. The maximum Gasteiger partial charge on any atom is 0.319 e. The molecule has 158 valence electrons. The van der Waals surface area contributed by atoms with E-state index < -0.39 is 16.1 Å². The van der Waals surface area contributed by atoms with Crippen molar-refractivity contribution in [2.75, 3.05) is 26.7 Å². The molecular weight excluding hydrogens is 423 g/mol. The van der Waals surface area contributed by atoms with Crippen molar-refractivity contribution in [3.63, 3.8) is 0 Å². The van der Waals surface area contributed by atoms with Gasteiger partial charge < -0.3 is 14.4 Å². The molecule has 0 amide bonds. The zero-order valence-electron chi connectivity index (χ0n) is 16.6. The summed E-state index contributed by atoms with van der Waals surface area (Å²) in [5, 5.41) is 11.1. The Kier molecular flexibility index (Phi) is 8.31. The van der Waals surface area contributed by atoms with E-state index in [9.17, 15) is 14.5 Å². The fourth-order valence-corrected chi connectivity index (χ4v) is 4.43. The van der Waals surface area contributed by atoms with Gasteiger partial charge in [0.25, 0.3) is 0 Å². The highest BCUT2D eigenvalue weighted by Gasteiger charge is 2.36. The molecule has 0 saturated carbocycles. The lowest BCUT2D eigenvalue weighted by Crippen LogP contribution is -2.46. The van der Waals surface area contributed by atoms with Crippen LogP contribution in [0.25, 0.3) is 0 Å². The van der Waals surface area contributed by atoms with Crippen molar-refractivity contribution in [2.24, 2.45) is 5.92 Å². The van der Waals surface area contributed by atoms with Crippen LogP contribution >= 0.6 is 23.2 Å². The first-order valence-corrected chi connectivity index (χ1v) is 11.1. The number of hydrogen-bond donors (Lipinski definition) is 2. The first-order chi connectivity index (χ1) is 13.0. The van der Waals surface area contributed by atoms with Crippen LogP contribution < -0.4 is 4.72 Å². The number of likely N-dealkylation sites (tertiary alicyclic amines) is 1. The normalized spacial score (nSPS) is 18.7. The molecule has 2 unspecified atom stereocenters. The molecule has 1 aliphatic heterocycles. The molecule has 2 rings (SSSR count). The number of phenols is 1. The maximum atomic E-state index is 12.8. The average molecular weight is 451 g/mol. The number of nitrogens with zero attached hydrogens (tertiary/aromatic N) is 1. The molecule has 0 spiro atoms. The Morgan fingerprint density at radius 3 is 2.46 bits per heavy atom. The van der Waals surface area contributed by atoms with E-state index in [-0.39, 0.29) is 35.2 Å². The van der Waals surface area contributed by atoms with Crippen LogP contribution in [0.1, 0.15) is 45.2 Å². The van der Waals surface area contributed by atoms with Crippen molar-refractivity contribution in [1.82, 2.24) is 9.62 Å². The molecule has 1 fully saturated rings. The first-order valence-electron chi connectivity index (χ1n) is 9.18. The highest BCUT2D eigenvalue weighted by Crippen LogP contribution is 2.40. The predicted octanol–water partition coefficient (Wildman–Crippen LogP) is 3.68. The van der Waals surface area contributed by atoms with Gasteiger partial charge in [-0.3, -0.25) is 9.69 Å². The zero-order valence-corrected chi connectivity index (χ0v) is 19.0. The van der Waals surface area contributed by atoms with Crippen LogP contribution in [-0.2, 0) is 20.9 Å². The number of piperidine rings is 1. The van der Waals surface area contributed by atoms with Crippen molar-refractivity contribution in [3.8, 4) is 5.75 Å². The fraction of sp³-hybridized carbons (Fsp3) is 0.632. The lowest BCUT2D eigenvalue weighted by Gasteiger charge is -2.37. The smallest absolute Gasteiger partial charge is 0.319 e. The number of carbonyl (C=O) groups is 1. The van der Waals surface area contributed by atoms with E-state index in [1.54, 1.807) is 6.07 Å². The van der Waals surface area contributed by atoms with E-state index in [1.165, 1.54) is 13.2 Å². The lowest BCUT2D eigenvalue weighted by molar-refractivity contribution is -0.142. The number of aromatic hydroxyl groups is 1. The van der Waals surface area contributed by atoms with Gasteiger partial charge in [0.2, 0.25) is 0 Å². The summed E-state index contributed by atoms with van der Waals surface area (Å²) in [6.45, 7) is 7.35. The number of esters is 1. The van der Waals surface area contributed by atoms with Crippen LogP contribution in [0.2, 0.25) is 10.0 Å². The number of phenolic OH excluding ortho intramolecular Hbond substituents is 1. The molecule has 2 N–H and O–H groups in total. The Hall–Kier alpha value is -0.700. The van der Waals surface area contributed by atoms with Crippen molar-refractivity contribution in [1.29, 1.82) is 0 Å². The van der Waals surface area contributed by atoms with Crippen LogP contribution in [0.15, 0.2) is 12.1 Å². The van der Waals surface area contributed by atoms with Crippen LogP contribution in [0.4, 0.5) is 0 Å². The molecule has 6 nitrogen and oxygen atoms in total.